The van der Waals surface area contributed by atoms with Gasteiger partial charge in [0.05, 0.1) is 13.2 Å². The van der Waals surface area contributed by atoms with Crippen LogP contribution in [0.25, 0.3) is 0 Å². The van der Waals surface area contributed by atoms with Gasteiger partial charge in [0, 0.05) is 26.6 Å². The third-order valence-corrected chi connectivity index (χ3v) is 2.83. The van der Waals surface area contributed by atoms with Gasteiger partial charge in [0.2, 0.25) is 0 Å². The minimum absolute atomic E-state index is 0.573. The molecular weight excluding hydrogens is 238 g/mol. The van der Waals surface area contributed by atoms with Crippen molar-refractivity contribution in [1.82, 2.24) is 5.32 Å². The van der Waals surface area contributed by atoms with Gasteiger partial charge in [-0.15, -0.1) is 12.3 Å². The number of hydrogen-bond acceptors (Lipinski definition) is 3. The van der Waals surface area contributed by atoms with E-state index in [-0.39, 0.29) is 0 Å². The third-order valence-electron chi connectivity index (χ3n) is 2.83. The second-order valence-corrected chi connectivity index (χ2v) is 4.53. The molecular formula is C16H23NO2. The fourth-order valence-electron chi connectivity index (χ4n) is 1.99. The molecule has 0 saturated heterocycles. The normalized spacial score (nSPS) is 10.2. The first-order chi connectivity index (χ1) is 9.19. The van der Waals surface area contributed by atoms with Crippen molar-refractivity contribution < 1.29 is 9.47 Å². The molecule has 0 aliphatic carbocycles. The van der Waals surface area contributed by atoms with Crippen molar-refractivity contribution in [2.75, 3.05) is 26.9 Å². The highest BCUT2D eigenvalue weighted by atomic mass is 16.5. The summed E-state index contributed by atoms with van der Waals surface area (Å²) in [6.07, 6.45) is 5.86. The van der Waals surface area contributed by atoms with Gasteiger partial charge in [-0.3, -0.25) is 0 Å². The quantitative estimate of drug-likeness (QED) is 0.576. The Balaban J connectivity index is 2.60. The first-order valence-electron chi connectivity index (χ1n) is 6.55. The van der Waals surface area contributed by atoms with Crippen LogP contribution in [0.2, 0.25) is 0 Å². The number of ether oxygens (including phenoxy) is 2. The van der Waals surface area contributed by atoms with E-state index in [1.807, 2.05) is 0 Å². The van der Waals surface area contributed by atoms with Crippen LogP contribution in [0.15, 0.2) is 12.1 Å². The summed E-state index contributed by atoms with van der Waals surface area (Å²) < 4.78 is 10.7. The standard InChI is InChI=1S/C16H23NO2/c1-5-6-8-19-16-13(2)10-15(11-14(16)3)12-17-7-9-18-4/h1,10-11,17H,6-9,12H2,2-4H3. The molecule has 104 valence electrons. The van der Waals surface area contributed by atoms with Crippen molar-refractivity contribution >= 4 is 0 Å². The van der Waals surface area contributed by atoms with E-state index < -0.39 is 0 Å². The van der Waals surface area contributed by atoms with Crippen LogP contribution in [0.5, 0.6) is 5.75 Å². The monoisotopic (exact) mass is 261 g/mol. The van der Waals surface area contributed by atoms with E-state index in [0.29, 0.717) is 13.0 Å². The van der Waals surface area contributed by atoms with Crippen LogP contribution >= 0.6 is 0 Å². The lowest BCUT2D eigenvalue weighted by atomic mass is 10.1. The Bertz CT molecular complexity index is 412. The molecule has 3 nitrogen and oxygen atoms in total. The summed E-state index contributed by atoms with van der Waals surface area (Å²) in [5.74, 6) is 3.54. The van der Waals surface area contributed by atoms with E-state index in [1.165, 1.54) is 5.56 Å². The van der Waals surface area contributed by atoms with Gasteiger partial charge in [-0.1, -0.05) is 12.1 Å². The van der Waals surface area contributed by atoms with Gasteiger partial charge >= 0.3 is 0 Å². The SMILES string of the molecule is C#CCCOc1c(C)cc(CNCCOC)cc1C. The summed E-state index contributed by atoms with van der Waals surface area (Å²) in [6, 6.07) is 4.30. The molecule has 0 atom stereocenters. The Morgan fingerprint density at radius 3 is 2.47 bits per heavy atom. The molecule has 1 aromatic rings. The first kappa shape index (κ1) is 15.6. The van der Waals surface area contributed by atoms with E-state index >= 15 is 0 Å². The second kappa shape index (κ2) is 8.58. The van der Waals surface area contributed by atoms with Gasteiger partial charge in [0.1, 0.15) is 5.75 Å². The average molecular weight is 261 g/mol. The minimum Gasteiger partial charge on any atom is -0.492 e. The van der Waals surface area contributed by atoms with Crippen molar-refractivity contribution in [3.8, 4) is 18.1 Å². The van der Waals surface area contributed by atoms with Gasteiger partial charge in [-0.05, 0) is 30.5 Å². The molecule has 1 rings (SSSR count). The highest BCUT2D eigenvalue weighted by molar-refractivity contribution is 5.43. The predicted octanol–water partition coefficient (Wildman–Crippen LogP) is 2.44. The largest absolute Gasteiger partial charge is 0.492 e. The molecule has 0 aliphatic rings. The van der Waals surface area contributed by atoms with Crippen LogP contribution in [-0.2, 0) is 11.3 Å². The molecule has 0 aliphatic heterocycles. The van der Waals surface area contributed by atoms with Gasteiger partial charge in [-0.2, -0.15) is 0 Å². The van der Waals surface area contributed by atoms with Crippen LogP contribution in [-0.4, -0.2) is 26.9 Å². The molecule has 0 bridgehead atoms. The first-order valence-corrected chi connectivity index (χ1v) is 6.55. The summed E-state index contributed by atoms with van der Waals surface area (Å²) in [6.45, 7) is 7.13. The van der Waals surface area contributed by atoms with Crippen LogP contribution in [0.3, 0.4) is 0 Å². The lowest BCUT2D eigenvalue weighted by Gasteiger charge is -2.14. The fourth-order valence-corrected chi connectivity index (χ4v) is 1.99. The Kier molecular flexibility index (Phi) is 7.02. The number of benzene rings is 1. The maximum absolute atomic E-state index is 5.72. The number of rotatable bonds is 8. The van der Waals surface area contributed by atoms with Crippen molar-refractivity contribution in [2.45, 2.75) is 26.8 Å². The predicted molar refractivity (Wildman–Crippen MR) is 78.4 cm³/mol. The molecule has 0 radical (unpaired) electrons. The van der Waals surface area contributed by atoms with E-state index in [1.54, 1.807) is 7.11 Å². The van der Waals surface area contributed by atoms with E-state index in [9.17, 15) is 0 Å². The van der Waals surface area contributed by atoms with Crippen LogP contribution < -0.4 is 10.1 Å². The summed E-state index contributed by atoms with van der Waals surface area (Å²) in [4.78, 5) is 0. The van der Waals surface area contributed by atoms with Crippen molar-refractivity contribution in [2.24, 2.45) is 0 Å². The zero-order valence-corrected chi connectivity index (χ0v) is 12.1. The highest BCUT2D eigenvalue weighted by Gasteiger charge is 2.06. The zero-order valence-electron chi connectivity index (χ0n) is 12.1. The maximum Gasteiger partial charge on any atom is 0.125 e. The molecule has 0 saturated carbocycles. The summed E-state index contributed by atoms with van der Waals surface area (Å²) >= 11 is 0. The summed E-state index contributed by atoms with van der Waals surface area (Å²) in [5, 5.41) is 3.34. The molecule has 0 unspecified atom stereocenters. The van der Waals surface area contributed by atoms with E-state index in [0.717, 1.165) is 36.6 Å². The fraction of sp³-hybridized carbons (Fsp3) is 0.500. The minimum atomic E-state index is 0.573. The number of aryl methyl sites for hydroxylation is 2. The molecule has 1 aromatic carbocycles. The highest BCUT2D eigenvalue weighted by Crippen LogP contribution is 2.24. The smallest absolute Gasteiger partial charge is 0.125 e. The van der Waals surface area contributed by atoms with Gasteiger partial charge in [0.15, 0.2) is 0 Å². The van der Waals surface area contributed by atoms with Crippen LogP contribution in [0.1, 0.15) is 23.1 Å². The molecule has 0 amide bonds. The van der Waals surface area contributed by atoms with Crippen molar-refractivity contribution in [3.63, 3.8) is 0 Å². The van der Waals surface area contributed by atoms with E-state index in [2.05, 4.69) is 37.2 Å². The molecule has 19 heavy (non-hydrogen) atoms. The molecule has 0 aromatic heterocycles. The van der Waals surface area contributed by atoms with Gasteiger partial charge in [-0.25, -0.2) is 0 Å². The van der Waals surface area contributed by atoms with Crippen molar-refractivity contribution in [1.29, 1.82) is 0 Å². The summed E-state index contributed by atoms with van der Waals surface area (Å²) in [7, 11) is 1.71. The topological polar surface area (TPSA) is 30.5 Å². The number of terminal acetylenes is 1. The van der Waals surface area contributed by atoms with Crippen molar-refractivity contribution in [3.05, 3.63) is 28.8 Å². The van der Waals surface area contributed by atoms with Gasteiger partial charge in [0.25, 0.3) is 0 Å². The van der Waals surface area contributed by atoms with Gasteiger partial charge < -0.3 is 14.8 Å². The lowest BCUT2D eigenvalue weighted by molar-refractivity contribution is 0.199. The molecule has 0 fully saturated rings. The Labute approximate surface area is 116 Å². The number of nitrogens with one attached hydrogen (secondary N) is 1. The zero-order chi connectivity index (χ0) is 14.1. The Morgan fingerprint density at radius 2 is 1.89 bits per heavy atom. The van der Waals surface area contributed by atoms with E-state index in [4.69, 9.17) is 15.9 Å². The lowest BCUT2D eigenvalue weighted by Crippen LogP contribution is -2.18. The molecule has 1 N–H and O–H groups in total. The summed E-state index contributed by atoms with van der Waals surface area (Å²) in [5.41, 5.74) is 3.57. The molecule has 0 heterocycles. The third kappa shape index (κ3) is 5.34. The molecule has 0 spiro atoms. The van der Waals surface area contributed by atoms with Crippen LogP contribution in [0.4, 0.5) is 0 Å². The maximum atomic E-state index is 5.72. The number of methoxy groups -OCH3 is 1. The second-order valence-electron chi connectivity index (χ2n) is 4.53. The average Bonchev–Trinajstić information content (AvgIpc) is 2.38. The Hall–Kier alpha value is -1.50. The Morgan fingerprint density at radius 1 is 1.21 bits per heavy atom. The number of hydrogen-bond donors (Lipinski definition) is 1. The molecule has 3 heteroatoms. The van der Waals surface area contributed by atoms with Crippen LogP contribution in [0, 0.1) is 26.2 Å².